The van der Waals surface area contributed by atoms with Crippen LogP contribution < -0.4 is 5.73 Å². The number of carbonyl (C=O) groups is 1. The number of hydrogen-bond acceptors (Lipinski definition) is 2. The second kappa shape index (κ2) is 5.44. The molecule has 84 valence electrons. The van der Waals surface area contributed by atoms with E-state index in [0.717, 1.165) is 25.9 Å². The Labute approximate surface area is 90.5 Å². The molecule has 1 heterocycles. The highest BCUT2D eigenvalue weighted by Gasteiger charge is 2.15. The van der Waals surface area contributed by atoms with Gasteiger partial charge in [-0.2, -0.15) is 0 Å². The molecule has 0 saturated carbocycles. The lowest BCUT2D eigenvalue weighted by Crippen LogP contribution is -2.32. The van der Waals surface area contributed by atoms with Crippen LogP contribution in [-0.4, -0.2) is 28.9 Å². The first-order chi connectivity index (χ1) is 7.19. The van der Waals surface area contributed by atoms with E-state index < -0.39 is 0 Å². The normalized spacial score (nSPS) is 10.3. The quantitative estimate of drug-likeness (QED) is 0.777. The molecular formula is C11H19N3O. The minimum absolute atomic E-state index is 0.0374. The summed E-state index contributed by atoms with van der Waals surface area (Å²) >= 11 is 0. The number of hydrogen-bond donors (Lipinski definition) is 2. The molecule has 0 bridgehead atoms. The Balaban J connectivity index is 2.71. The van der Waals surface area contributed by atoms with Crippen LogP contribution in [0.1, 0.15) is 37.2 Å². The molecule has 3 N–H and O–H groups in total. The van der Waals surface area contributed by atoms with E-state index in [1.165, 1.54) is 0 Å². The van der Waals surface area contributed by atoms with Crippen LogP contribution in [0.3, 0.4) is 0 Å². The Bertz CT molecular complexity index is 313. The minimum Gasteiger partial charge on any atom is -0.397 e. The number of anilines is 1. The molecule has 15 heavy (non-hydrogen) atoms. The highest BCUT2D eigenvalue weighted by molar-refractivity contribution is 5.93. The molecule has 0 radical (unpaired) electrons. The van der Waals surface area contributed by atoms with Crippen molar-refractivity contribution < 1.29 is 4.79 Å². The summed E-state index contributed by atoms with van der Waals surface area (Å²) in [5.74, 6) is 0.0374. The summed E-state index contributed by atoms with van der Waals surface area (Å²) in [5.41, 5.74) is 6.74. The third-order valence-corrected chi connectivity index (χ3v) is 2.21. The van der Waals surface area contributed by atoms with E-state index in [-0.39, 0.29) is 5.91 Å². The van der Waals surface area contributed by atoms with Gasteiger partial charge in [-0.05, 0) is 18.9 Å². The SMILES string of the molecule is CCCN(CCC)C(=O)c1cc(N)c[nH]1. The maximum Gasteiger partial charge on any atom is 0.270 e. The minimum atomic E-state index is 0.0374. The summed E-state index contributed by atoms with van der Waals surface area (Å²) in [5, 5.41) is 0. The number of nitrogens with two attached hydrogens (primary N) is 1. The monoisotopic (exact) mass is 209 g/mol. The number of aromatic nitrogens is 1. The Morgan fingerprint density at radius 1 is 1.40 bits per heavy atom. The Kier molecular flexibility index (Phi) is 4.21. The molecule has 0 atom stereocenters. The summed E-state index contributed by atoms with van der Waals surface area (Å²) in [7, 11) is 0. The zero-order valence-electron chi connectivity index (χ0n) is 9.42. The Morgan fingerprint density at radius 2 is 2.00 bits per heavy atom. The predicted molar refractivity (Wildman–Crippen MR) is 61.7 cm³/mol. The number of nitrogens with one attached hydrogen (secondary N) is 1. The Hall–Kier alpha value is -1.45. The van der Waals surface area contributed by atoms with Crippen molar-refractivity contribution in [2.24, 2.45) is 0 Å². The van der Waals surface area contributed by atoms with Crippen molar-refractivity contribution in [3.8, 4) is 0 Å². The first-order valence-corrected chi connectivity index (χ1v) is 5.42. The largest absolute Gasteiger partial charge is 0.397 e. The van der Waals surface area contributed by atoms with Gasteiger partial charge in [-0.15, -0.1) is 0 Å². The van der Waals surface area contributed by atoms with Gasteiger partial charge in [0.1, 0.15) is 5.69 Å². The van der Waals surface area contributed by atoms with Gasteiger partial charge in [0.05, 0.1) is 0 Å². The van der Waals surface area contributed by atoms with Gasteiger partial charge in [-0.25, -0.2) is 0 Å². The first kappa shape index (κ1) is 11.6. The lowest BCUT2D eigenvalue weighted by Gasteiger charge is -2.20. The van der Waals surface area contributed by atoms with Gasteiger partial charge < -0.3 is 15.6 Å². The van der Waals surface area contributed by atoms with Gasteiger partial charge in [0.2, 0.25) is 0 Å². The number of nitrogens with zero attached hydrogens (tertiary/aromatic N) is 1. The third kappa shape index (κ3) is 3.01. The van der Waals surface area contributed by atoms with Crippen molar-refractivity contribution in [2.75, 3.05) is 18.8 Å². The molecule has 0 unspecified atom stereocenters. The van der Waals surface area contributed by atoms with E-state index in [2.05, 4.69) is 18.8 Å². The lowest BCUT2D eigenvalue weighted by atomic mass is 10.3. The second-order valence-corrected chi connectivity index (χ2v) is 3.64. The summed E-state index contributed by atoms with van der Waals surface area (Å²) in [6.45, 7) is 5.73. The molecule has 1 aromatic heterocycles. The average Bonchev–Trinajstić information content (AvgIpc) is 2.63. The number of rotatable bonds is 5. The summed E-state index contributed by atoms with van der Waals surface area (Å²) < 4.78 is 0. The van der Waals surface area contributed by atoms with Crippen LogP contribution in [0.2, 0.25) is 0 Å². The fraction of sp³-hybridized carbons (Fsp3) is 0.545. The van der Waals surface area contributed by atoms with Crippen LogP contribution in [0.15, 0.2) is 12.3 Å². The summed E-state index contributed by atoms with van der Waals surface area (Å²) in [6.07, 6.45) is 3.59. The maximum absolute atomic E-state index is 12.0. The van der Waals surface area contributed by atoms with Crippen molar-refractivity contribution in [1.29, 1.82) is 0 Å². The molecule has 0 saturated heterocycles. The van der Waals surface area contributed by atoms with Gasteiger partial charge in [0.15, 0.2) is 0 Å². The Morgan fingerprint density at radius 3 is 2.40 bits per heavy atom. The number of nitrogen functional groups attached to an aromatic ring is 1. The molecule has 0 aliphatic heterocycles. The standard InChI is InChI=1S/C11H19N3O/c1-3-5-14(6-4-2)11(15)10-7-9(12)8-13-10/h7-8,13H,3-6,12H2,1-2H3. The van der Waals surface area contributed by atoms with Crippen molar-refractivity contribution in [2.45, 2.75) is 26.7 Å². The van der Waals surface area contributed by atoms with Crippen LogP contribution in [0, 0.1) is 0 Å². The topological polar surface area (TPSA) is 62.1 Å². The molecule has 4 nitrogen and oxygen atoms in total. The van der Waals surface area contributed by atoms with E-state index in [4.69, 9.17) is 5.73 Å². The van der Waals surface area contributed by atoms with Gasteiger partial charge in [-0.3, -0.25) is 4.79 Å². The highest BCUT2D eigenvalue weighted by Crippen LogP contribution is 2.08. The number of carbonyl (C=O) groups excluding carboxylic acids is 1. The molecule has 0 fully saturated rings. The summed E-state index contributed by atoms with van der Waals surface area (Å²) in [6, 6.07) is 1.68. The number of aromatic amines is 1. The van der Waals surface area contributed by atoms with Crippen LogP contribution in [-0.2, 0) is 0 Å². The van der Waals surface area contributed by atoms with E-state index in [0.29, 0.717) is 11.4 Å². The van der Waals surface area contributed by atoms with Crippen LogP contribution in [0.4, 0.5) is 5.69 Å². The third-order valence-electron chi connectivity index (χ3n) is 2.21. The number of H-pyrrole nitrogens is 1. The van der Waals surface area contributed by atoms with Crippen molar-refractivity contribution in [3.05, 3.63) is 18.0 Å². The van der Waals surface area contributed by atoms with Crippen LogP contribution in [0.25, 0.3) is 0 Å². The number of amides is 1. The van der Waals surface area contributed by atoms with E-state index in [9.17, 15) is 4.79 Å². The van der Waals surface area contributed by atoms with E-state index >= 15 is 0 Å². The molecule has 1 rings (SSSR count). The molecule has 1 amide bonds. The van der Waals surface area contributed by atoms with Crippen molar-refractivity contribution in [1.82, 2.24) is 9.88 Å². The molecule has 0 aliphatic carbocycles. The van der Waals surface area contributed by atoms with E-state index in [1.807, 2.05) is 4.90 Å². The smallest absolute Gasteiger partial charge is 0.270 e. The van der Waals surface area contributed by atoms with E-state index in [1.54, 1.807) is 12.3 Å². The zero-order valence-corrected chi connectivity index (χ0v) is 9.42. The zero-order chi connectivity index (χ0) is 11.3. The maximum atomic E-state index is 12.0. The van der Waals surface area contributed by atoms with Gasteiger partial charge in [-0.1, -0.05) is 13.8 Å². The van der Waals surface area contributed by atoms with Gasteiger partial charge >= 0.3 is 0 Å². The fourth-order valence-corrected chi connectivity index (χ4v) is 1.56. The van der Waals surface area contributed by atoms with Crippen LogP contribution >= 0.6 is 0 Å². The first-order valence-electron chi connectivity index (χ1n) is 5.42. The van der Waals surface area contributed by atoms with Gasteiger partial charge in [0, 0.05) is 25.0 Å². The van der Waals surface area contributed by atoms with Crippen molar-refractivity contribution in [3.63, 3.8) is 0 Å². The van der Waals surface area contributed by atoms with Crippen molar-refractivity contribution >= 4 is 11.6 Å². The molecule has 4 heteroatoms. The summed E-state index contributed by atoms with van der Waals surface area (Å²) in [4.78, 5) is 16.7. The lowest BCUT2D eigenvalue weighted by molar-refractivity contribution is 0.0750. The second-order valence-electron chi connectivity index (χ2n) is 3.64. The van der Waals surface area contributed by atoms with Gasteiger partial charge in [0.25, 0.3) is 5.91 Å². The molecule has 0 aliphatic rings. The molecule has 0 aromatic carbocycles. The molecule has 1 aromatic rings. The average molecular weight is 209 g/mol. The van der Waals surface area contributed by atoms with Crippen LogP contribution in [0.5, 0.6) is 0 Å². The molecular weight excluding hydrogens is 190 g/mol. The highest BCUT2D eigenvalue weighted by atomic mass is 16.2. The molecule has 0 spiro atoms. The predicted octanol–water partition coefficient (Wildman–Crippen LogP) is 1.86. The fourth-order valence-electron chi connectivity index (χ4n) is 1.56.